The van der Waals surface area contributed by atoms with E-state index in [4.69, 9.17) is 55.9 Å². The third kappa shape index (κ3) is 13.0. The van der Waals surface area contributed by atoms with E-state index >= 15 is 13.2 Å². The molecule has 0 spiro atoms. The predicted octanol–water partition coefficient (Wildman–Crippen LogP) is 13.4. The number of ether oxygens (including phenoxy) is 9. The molecule has 6 aromatic heterocycles. The first-order valence-corrected chi connectivity index (χ1v) is 42.9. The Morgan fingerprint density at radius 1 is 0.326 bits per heavy atom. The van der Waals surface area contributed by atoms with Gasteiger partial charge in [0.05, 0.1) is 82.1 Å². The number of hydrogen-bond donors (Lipinski definition) is 0. The second-order valence-electron chi connectivity index (χ2n) is 33.3. The fraction of sp³-hybridized carbons (Fsp3) is 0.202. The fourth-order valence-electron chi connectivity index (χ4n) is 20.1. The first-order valence-electron chi connectivity index (χ1n) is 42.9. The fourth-order valence-corrected chi connectivity index (χ4v) is 20.1. The maximum Gasteiger partial charge on any atom is 0.342 e. The van der Waals surface area contributed by atoms with Crippen LogP contribution >= 0.6 is 0 Å². The van der Waals surface area contributed by atoms with E-state index in [1.807, 2.05) is 87.8 Å². The average molecular weight is 1830 g/mol. The van der Waals surface area contributed by atoms with Crippen molar-refractivity contribution in [2.24, 2.45) is 0 Å². The van der Waals surface area contributed by atoms with E-state index in [2.05, 4.69) is 0 Å². The van der Waals surface area contributed by atoms with E-state index in [0.29, 0.717) is 106 Å². The molecule has 30 nitrogen and oxygen atoms in total. The lowest BCUT2D eigenvalue weighted by atomic mass is 9.91. The highest BCUT2D eigenvalue weighted by molar-refractivity contribution is 6.01. The zero-order valence-electron chi connectivity index (χ0n) is 70.7. The van der Waals surface area contributed by atoms with Crippen LogP contribution in [0.2, 0.25) is 0 Å². The number of furan rings is 3. The van der Waals surface area contributed by atoms with Crippen LogP contribution in [0.25, 0.3) is 67.4 Å². The van der Waals surface area contributed by atoms with Gasteiger partial charge in [0.25, 0.3) is 36.6 Å². The smallest absolute Gasteiger partial charge is 0.342 e. The van der Waals surface area contributed by atoms with Gasteiger partial charge < -0.3 is 70.6 Å². The Morgan fingerprint density at radius 3 is 0.978 bits per heavy atom. The van der Waals surface area contributed by atoms with Gasteiger partial charge in [0.15, 0.2) is 52.0 Å². The van der Waals surface area contributed by atoms with Crippen LogP contribution in [-0.4, -0.2) is 155 Å². The number of carbonyl (C=O) groups is 6. The molecule has 36 heteroatoms. The summed E-state index contributed by atoms with van der Waals surface area (Å²) in [5.74, 6) is -9.33. The van der Waals surface area contributed by atoms with Crippen molar-refractivity contribution in [3.8, 4) is 84.6 Å². The minimum atomic E-state index is -1.27. The molecule has 7 aromatic carbocycles. The molecule has 0 saturated carbocycles. The molecule has 0 N–H and O–H groups in total. The van der Waals surface area contributed by atoms with Crippen molar-refractivity contribution < 1.29 is 111 Å². The maximum absolute atomic E-state index is 15.9. The van der Waals surface area contributed by atoms with Gasteiger partial charge in [0.1, 0.15) is 35.8 Å². The van der Waals surface area contributed by atoms with Crippen molar-refractivity contribution >= 4 is 35.6 Å². The Morgan fingerprint density at radius 2 is 0.644 bits per heavy atom. The lowest BCUT2D eigenvalue weighted by molar-refractivity contribution is -0.149. The third-order valence-electron chi connectivity index (χ3n) is 26.0. The van der Waals surface area contributed by atoms with Crippen molar-refractivity contribution in [1.29, 1.82) is 0 Å². The van der Waals surface area contributed by atoms with E-state index in [-0.39, 0.29) is 110 Å². The largest absolute Gasteiger partial charge is 0.464 e. The second kappa shape index (κ2) is 32.1. The molecule has 3 amide bonds. The van der Waals surface area contributed by atoms with Gasteiger partial charge in [-0.25, -0.2) is 40.7 Å². The minimum Gasteiger partial charge on any atom is -0.464 e. The number of morpholine rings is 3. The summed E-state index contributed by atoms with van der Waals surface area (Å²) in [4.78, 5) is 124. The number of carbonyl (C=O) groups excluding carboxylic acids is 6. The number of esters is 3. The van der Waals surface area contributed by atoms with Gasteiger partial charge in [-0.2, -0.15) is 0 Å². The number of hydrogen-bond acceptors (Lipinski definition) is 24. The number of halogens is 6. The second-order valence-corrected chi connectivity index (χ2v) is 33.3. The van der Waals surface area contributed by atoms with Crippen molar-refractivity contribution in [3.63, 3.8) is 0 Å². The van der Waals surface area contributed by atoms with E-state index in [1.165, 1.54) is 100.0 Å². The highest BCUT2D eigenvalue weighted by Gasteiger charge is 2.53. The van der Waals surface area contributed by atoms with Crippen molar-refractivity contribution in [1.82, 2.24) is 28.7 Å². The van der Waals surface area contributed by atoms with E-state index in [1.54, 1.807) is 71.0 Å². The molecule has 25 rings (SSSR count). The van der Waals surface area contributed by atoms with Gasteiger partial charge >= 0.3 is 17.9 Å². The Hall–Kier alpha value is -16.2. The molecule has 135 heavy (non-hydrogen) atoms. The minimum absolute atomic E-state index is 0.0173. The number of aromatic nitrogens is 3. The van der Waals surface area contributed by atoms with Crippen LogP contribution in [0.1, 0.15) is 119 Å². The SMILES string of the molecule is CC1=CC(Oc2c3n(ccc2=O)N(C2c4ccccc4-c4occc4-c4c2ccc(F)c4F)C2COCCN2C3=O)OC1=O.CC1=CC(Oc2c3n(ccc2=O)N([C@@H]2c4ccccc4-c4occc4-c4c2ccc(F)c4F)[C@@H]2COCCN2C3=O)OC1=O.O=C1OC(Oc2c3n(ccc2=O)N(C2c4ccccc4-c4occc4-c4c2ccc(F)c4F)C2COCCN2C3=O)c2ccccc21. The zero-order chi connectivity index (χ0) is 92.5. The monoisotopic (exact) mass is 1830 g/mol. The van der Waals surface area contributed by atoms with Crippen LogP contribution in [0, 0.1) is 34.9 Å². The number of nitrogens with zero attached hydrogens (tertiary/aromatic N) is 9. The normalized spacial score (nSPS) is 21.4. The highest BCUT2D eigenvalue weighted by Crippen LogP contribution is 2.55. The van der Waals surface area contributed by atoms with Crippen molar-refractivity contribution in [2.45, 2.75) is 69.3 Å². The summed E-state index contributed by atoms with van der Waals surface area (Å²) >= 11 is 0. The lowest BCUT2D eigenvalue weighted by Crippen LogP contribution is -2.66. The molecule has 0 radical (unpaired) electrons. The van der Waals surface area contributed by atoms with Crippen LogP contribution in [0.3, 0.4) is 0 Å². The van der Waals surface area contributed by atoms with Crippen molar-refractivity contribution in [2.75, 3.05) is 74.3 Å². The van der Waals surface area contributed by atoms with Crippen LogP contribution in [-0.2, 0) is 38.0 Å². The predicted molar refractivity (Wildman–Crippen MR) is 461 cm³/mol. The van der Waals surface area contributed by atoms with Crippen molar-refractivity contribution in [3.05, 3.63) is 358 Å². The van der Waals surface area contributed by atoms with Crippen LogP contribution in [0.15, 0.2) is 258 Å². The number of pyridine rings is 3. The average Bonchev–Trinajstić information content (AvgIpc) is 1.68. The first kappa shape index (κ1) is 83.1. The Labute approximate surface area is 757 Å². The molecule has 9 aliphatic heterocycles. The molecule has 7 unspecified atom stereocenters. The molecule has 3 fully saturated rings. The summed E-state index contributed by atoms with van der Waals surface area (Å²) in [6, 6.07) is 42.5. The third-order valence-corrected chi connectivity index (χ3v) is 26.0. The van der Waals surface area contributed by atoms with Crippen LogP contribution in [0.5, 0.6) is 17.2 Å². The quantitative estimate of drug-likeness (QED) is 0.0736. The standard InChI is InChI=1S/C35H23F2N3O7.2C32H23F2N3O7/c36-24-10-9-22-27(28(24)37)23-12-15-45-31(23)19-6-2-1-5-18(19)29(22)40-26-17-44-16-14-38(26)33(42)30-32(25(41)11-13-39(30)40)46-35-21-8-4-3-7-20(21)34(43)47-35;2*1-16-14-24(44-32(16)40)43-30-22(38)8-10-36-28(30)31(39)35-11-13-41-15-23(35)37(36)27-17-4-2-3-5-18(17)29-20(9-12-42-29)25-19(27)6-7-21(33)26(25)34/h1-13,15,26,29,35H,14,16-17H2;2*2-10,12,14,23-24,27H,11,13,15H2,1H3/t;23-,24?,27-;/m.1./s1. The highest BCUT2D eigenvalue weighted by atomic mass is 19.2. The molecule has 0 bridgehead atoms. The Bertz CT molecular complexity index is 7280. The molecule has 13 aromatic rings. The molecule has 9 atom stereocenters. The number of fused-ring (bicyclic) bond motifs is 22. The summed E-state index contributed by atoms with van der Waals surface area (Å²) in [6.07, 6.45) is 5.64. The summed E-state index contributed by atoms with van der Waals surface area (Å²) < 4.78 is 166. The number of rotatable bonds is 9. The molecule has 3 aliphatic carbocycles. The van der Waals surface area contributed by atoms with Gasteiger partial charge in [0, 0.05) is 135 Å². The summed E-state index contributed by atoms with van der Waals surface area (Å²) in [6.45, 7) is 4.69. The summed E-state index contributed by atoms with van der Waals surface area (Å²) in [5, 5.41) is 5.44. The first-order chi connectivity index (χ1) is 65.6. The summed E-state index contributed by atoms with van der Waals surface area (Å²) in [5.41, 5.74) is 5.60. The lowest BCUT2D eigenvalue weighted by Gasteiger charge is -2.51. The molecular formula is C99H69F6N9O21. The van der Waals surface area contributed by atoms with E-state index in [9.17, 15) is 56.3 Å². The molecule has 3 saturated heterocycles. The van der Waals surface area contributed by atoms with Gasteiger partial charge in [0.2, 0.25) is 33.5 Å². The molecule has 15 heterocycles. The van der Waals surface area contributed by atoms with E-state index < -0.39 is 142 Å². The van der Waals surface area contributed by atoms with E-state index in [0.717, 1.165) is 18.2 Å². The topological polar surface area (TPSA) is 310 Å². The Kier molecular flexibility index (Phi) is 19.8. The number of benzene rings is 7. The van der Waals surface area contributed by atoms with Gasteiger partial charge in [-0.3, -0.25) is 57.8 Å². The summed E-state index contributed by atoms with van der Waals surface area (Å²) in [7, 11) is 0. The molecule has 12 aliphatic rings. The molecular weight excluding hydrogens is 1770 g/mol. The van der Waals surface area contributed by atoms with Gasteiger partial charge in [-0.05, 0) is 89.7 Å². The molecule has 678 valence electrons. The van der Waals surface area contributed by atoms with Gasteiger partial charge in [-0.1, -0.05) is 109 Å². The maximum atomic E-state index is 15.9. The Balaban J connectivity index is 0.000000114. The van der Waals surface area contributed by atoms with Crippen LogP contribution in [0.4, 0.5) is 26.3 Å². The number of cyclic esters (lactones) is 3. The van der Waals surface area contributed by atoms with Crippen LogP contribution < -0.4 is 45.5 Å². The number of amides is 3. The zero-order valence-corrected chi connectivity index (χ0v) is 70.7. The van der Waals surface area contributed by atoms with Gasteiger partial charge in [-0.15, -0.1) is 0 Å².